The van der Waals surface area contributed by atoms with Gasteiger partial charge in [0.25, 0.3) is 0 Å². The van der Waals surface area contributed by atoms with Crippen molar-refractivity contribution in [2.45, 2.75) is 18.7 Å². The Bertz CT molecular complexity index is 1010. The number of carbonyl (C=O) groups excluding carboxylic acids is 3. The van der Waals surface area contributed by atoms with Crippen LogP contribution >= 0.6 is 11.3 Å². The molecule has 0 aliphatic rings. The highest BCUT2D eigenvalue weighted by molar-refractivity contribution is 7.86. The lowest BCUT2D eigenvalue weighted by Crippen LogP contribution is -2.15. The topological polar surface area (TPSA) is 116 Å². The van der Waals surface area contributed by atoms with Gasteiger partial charge in [0.1, 0.15) is 5.00 Å². The van der Waals surface area contributed by atoms with Gasteiger partial charge in [-0.25, -0.2) is 9.59 Å². The molecule has 0 saturated heterocycles. The molecule has 0 saturated carbocycles. The number of hydrogen-bond donors (Lipinski definition) is 1. The monoisotopic (exact) mass is 429 g/mol. The number of nitrogens with one attached hydrogen (secondary N) is 1. The van der Waals surface area contributed by atoms with Gasteiger partial charge in [-0.3, -0.25) is 10.1 Å². The van der Waals surface area contributed by atoms with Crippen molar-refractivity contribution in [2.24, 2.45) is 0 Å². The number of esters is 1. The molecule has 0 unspecified atom stereocenters. The van der Waals surface area contributed by atoms with Crippen LogP contribution in [0.1, 0.15) is 39.4 Å². The van der Waals surface area contributed by atoms with E-state index in [1.807, 2.05) is 0 Å². The number of carbonyl (C=O) groups is 3. The normalized spacial score (nSPS) is 11.0. The summed E-state index contributed by atoms with van der Waals surface area (Å²) in [5, 5.41) is 2.40. The van der Waals surface area contributed by atoms with E-state index in [4.69, 9.17) is 9.47 Å². The Morgan fingerprint density at radius 3 is 2.39 bits per heavy atom. The summed E-state index contributed by atoms with van der Waals surface area (Å²) < 4.78 is 44.9. The van der Waals surface area contributed by atoms with Crippen LogP contribution in [0, 0.1) is 0 Å². The molecule has 1 aromatic carbocycles. The fourth-order valence-corrected chi connectivity index (χ4v) is 3.65. The molecule has 1 aromatic heterocycles. The number of halogens is 1. The Morgan fingerprint density at radius 1 is 1.11 bits per heavy atom. The van der Waals surface area contributed by atoms with E-state index in [0.717, 1.165) is 23.5 Å². The molecular formula is C17H16FNO7S2. The molecule has 0 spiro atoms. The first-order valence-electron chi connectivity index (χ1n) is 8.01. The lowest BCUT2D eigenvalue weighted by atomic mass is 10.1. The van der Waals surface area contributed by atoms with Gasteiger partial charge in [-0.1, -0.05) is 12.1 Å². The van der Waals surface area contributed by atoms with E-state index in [9.17, 15) is 26.7 Å². The van der Waals surface area contributed by atoms with Gasteiger partial charge < -0.3 is 9.47 Å². The zero-order valence-corrected chi connectivity index (χ0v) is 16.5. The fraction of sp³-hybridized carbons (Fsp3) is 0.235. The maximum Gasteiger partial charge on any atom is 0.412 e. The van der Waals surface area contributed by atoms with Gasteiger partial charge in [-0.05, 0) is 32.0 Å². The third-order valence-electron chi connectivity index (χ3n) is 3.32. The minimum Gasteiger partial charge on any atom is -0.462 e. The van der Waals surface area contributed by atoms with Crippen molar-refractivity contribution in [3.05, 3.63) is 46.3 Å². The van der Waals surface area contributed by atoms with Gasteiger partial charge >= 0.3 is 22.3 Å². The molecule has 8 nitrogen and oxygen atoms in total. The standard InChI is InChI=1S/C17H16FNO7S2/c1-3-25-16(21)12-9-13(27-15(12)19-17(22)26-4-2)14(20)10-6-5-7-11(8-10)28(18,23)24/h5-9H,3-4H2,1-2H3,(H,19,22). The second-order valence-electron chi connectivity index (χ2n) is 5.21. The Kier molecular flexibility index (Phi) is 6.86. The summed E-state index contributed by atoms with van der Waals surface area (Å²) in [5.74, 6) is -1.41. The summed E-state index contributed by atoms with van der Waals surface area (Å²) in [7, 11) is -4.98. The molecule has 11 heteroatoms. The highest BCUT2D eigenvalue weighted by Crippen LogP contribution is 2.31. The summed E-state index contributed by atoms with van der Waals surface area (Å²) >= 11 is 0.779. The van der Waals surface area contributed by atoms with E-state index < -0.39 is 33.0 Å². The van der Waals surface area contributed by atoms with Crippen LogP contribution in [0.4, 0.5) is 13.7 Å². The molecule has 2 aromatic rings. The minimum absolute atomic E-state index is 0.0169. The van der Waals surface area contributed by atoms with Gasteiger partial charge in [0.15, 0.2) is 0 Å². The van der Waals surface area contributed by atoms with Crippen molar-refractivity contribution in [3.63, 3.8) is 0 Å². The summed E-state index contributed by atoms with van der Waals surface area (Å²) in [6, 6.07) is 5.64. The molecule has 28 heavy (non-hydrogen) atoms. The summed E-state index contributed by atoms with van der Waals surface area (Å²) in [5.41, 5.74) is -0.157. The van der Waals surface area contributed by atoms with Gasteiger partial charge in [0.05, 0.1) is 28.5 Å². The maximum absolute atomic E-state index is 13.2. The van der Waals surface area contributed by atoms with E-state index in [1.54, 1.807) is 13.8 Å². The highest BCUT2D eigenvalue weighted by atomic mass is 32.3. The van der Waals surface area contributed by atoms with E-state index >= 15 is 0 Å². The maximum atomic E-state index is 13.2. The van der Waals surface area contributed by atoms with E-state index in [0.29, 0.717) is 0 Å². The first-order valence-corrected chi connectivity index (χ1v) is 10.2. The molecule has 0 atom stereocenters. The lowest BCUT2D eigenvalue weighted by Gasteiger charge is -2.05. The van der Waals surface area contributed by atoms with Gasteiger partial charge in [-0.2, -0.15) is 8.42 Å². The molecule has 1 N–H and O–H groups in total. The van der Waals surface area contributed by atoms with Crippen LogP contribution in [0.25, 0.3) is 0 Å². The van der Waals surface area contributed by atoms with Crippen molar-refractivity contribution < 1.29 is 36.2 Å². The second-order valence-corrected chi connectivity index (χ2v) is 7.61. The smallest absolute Gasteiger partial charge is 0.412 e. The zero-order valence-electron chi connectivity index (χ0n) is 14.9. The van der Waals surface area contributed by atoms with Crippen molar-refractivity contribution in [1.82, 2.24) is 0 Å². The SMILES string of the molecule is CCOC(=O)Nc1sc(C(=O)c2cccc(S(=O)(=O)F)c2)cc1C(=O)OCC. The van der Waals surface area contributed by atoms with Crippen molar-refractivity contribution in [2.75, 3.05) is 18.5 Å². The fourth-order valence-electron chi connectivity index (χ4n) is 2.15. The van der Waals surface area contributed by atoms with Crippen LogP contribution in [0.2, 0.25) is 0 Å². The largest absolute Gasteiger partial charge is 0.462 e. The number of benzene rings is 1. The van der Waals surface area contributed by atoms with Crippen molar-refractivity contribution >= 4 is 44.4 Å². The number of amides is 1. The quantitative estimate of drug-likeness (QED) is 0.407. The Labute approximate surface area is 164 Å². The van der Waals surface area contributed by atoms with Crippen molar-refractivity contribution in [1.29, 1.82) is 0 Å². The molecule has 0 fully saturated rings. The highest BCUT2D eigenvalue weighted by Gasteiger charge is 2.24. The van der Waals surface area contributed by atoms with E-state index in [-0.39, 0.29) is 34.2 Å². The third kappa shape index (κ3) is 5.14. The predicted molar refractivity (Wildman–Crippen MR) is 99.1 cm³/mol. The summed E-state index contributed by atoms with van der Waals surface area (Å²) in [4.78, 5) is 35.8. The van der Waals surface area contributed by atoms with Crippen LogP contribution in [0.3, 0.4) is 0 Å². The number of anilines is 1. The Morgan fingerprint density at radius 2 is 1.79 bits per heavy atom. The van der Waals surface area contributed by atoms with Crippen molar-refractivity contribution in [3.8, 4) is 0 Å². The van der Waals surface area contributed by atoms with Crippen LogP contribution in [-0.4, -0.2) is 39.5 Å². The minimum atomic E-state index is -4.98. The van der Waals surface area contributed by atoms with E-state index in [1.165, 1.54) is 18.2 Å². The van der Waals surface area contributed by atoms with Crippen LogP contribution in [-0.2, 0) is 19.7 Å². The molecule has 0 aliphatic carbocycles. The Hall–Kier alpha value is -2.79. The second kappa shape index (κ2) is 8.93. The molecule has 150 valence electrons. The van der Waals surface area contributed by atoms with Crippen LogP contribution in [0.5, 0.6) is 0 Å². The number of thiophene rings is 1. The molecule has 0 aliphatic heterocycles. The number of ether oxygens (including phenoxy) is 2. The molecule has 0 radical (unpaired) electrons. The number of ketones is 1. The molecule has 1 amide bonds. The molecule has 2 rings (SSSR count). The molecule has 0 bridgehead atoms. The Balaban J connectivity index is 2.43. The number of rotatable bonds is 7. The third-order valence-corrected chi connectivity index (χ3v) is 5.19. The zero-order chi connectivity index (χ0) is 20.9. The van der Waals surface area contributed by atoms with Gasteiger partial charge in [0, 0.05) is 5.56 Å². The van der Waals surface area contributed by atoms with Gasteiger partial charge in [-0.15, -0.1) is 15.2 Å². The van der Waals surface area contributed by atoms with E-state index in [2.05, 4.69) is 5.32 Å². The lowest BCUT2D eigenvalue weighted by molar-refractivity contribution is 0.0528. The predicted octanol–water partition coefficient (Wildman–Crippen LogP) is 3.38. The first kappa shape index (κ1) is 21.5. The number of hydrogen-bond acceptors (Lipinski definition) is 8. The average Bonchev–Trinajstić information content (AvgIpc) is 3.04. The van der Waals surface area contributed by atoms with Crippen LogP contribution in [0.15, 0.2) is 35.2 Å². The first-order chi connectivity index (χ1) is 13.2. The molecular weight excluding hydrogens is 413 g/mol. The van der Waals surface area contributed by atoms with Crippen LogP contribution < -0.4 is 5.32 Å². The average molecular weight is 429 g/mol. The van der Waals surface area contributed by atoms with Gasteiger partial charge in [0.2, 0.25) is 5.78 Å². The molecule has 1 heterocycles. The summed E-state index contributed by atoms with van der Waals surface area (Å²) in [6.45, 7) is 3.37. The summed E-state index contributed by atoms with van der Waals surface area (Å²) in [6.07, 6.45) is -0.820.